The normalized spacial score (nSPS) is 12.3. The van der Waals surface area contributed by atoms with Crippen LogP contribution in [0, 0.1) is 0 Å². The minimum Gasteiger partial charge on any atom is -0.325 e. The zero-order valence-electron chi connectivity index (χ0n) is 14.0. The SMILES string of the molecule is CCSc1c(-c2nc3cc(C(F)(F)F)ncc3n2C)sc2ccccc12. The van der Waals surface area contributed by atoms with Crippen LogP contribution < -0.4 is 0 Å². The van der Waals surface area contributed by atoms with E-state index in [2.05, 4.69) is 29.0 Å². The van der Waals surface area contributed by atoms with Crippen LogP contribution in [0.2, 0.25) is 0 Å². The number of rotatable bonds is 3. The molecular weight excluding hydrogens is 379 g/mol. The Balaban J connectivity index is 1.96. The molecule has 0 aliphatic carbocycles. The van der Waals surface area contributed by atoms with Crippen molar-refractivity contribution >= 4 is 44.2 Å². The maximum atomic E-state index is 13.0. The molecule has 0 saturated heterocycles. The minimum atomic E-state index is -4.48. The van der Waals surface area contributed by atoms with Gasteiger partial charge in [-0.3, -0.25) is 0 Å². The highest BCUT2D eigenvalue weighted by molar-refractivity contribution is 7.99. The van der Waals surface area contributed by atoms with Crippen molar-refractivity contribution in [3.05, 3.63) is 42.2 Å². The lowest BCUT2D eigenvalue weighted by molar-refractivity contribution is -0.141. The number of nitrogens with zero attached hydrogens (tertiary/aromatic N) is 3. The molecular formula is C18H14F3N3S2. The minimum absolute atomic E-state index is 0.301. The van der Waals surface area contributed by atoms with Gasteiger partial charge in [-0.15, -0.1) is 23.1 Å². The van der Waals surface area contributed by atoms with Crippen molar-refractivity contribution in [2.24, 2.45) is 7.05 Å². The van der Waals surface area contributed by atoms with Gasteiger partial charge < -0.3 is 4.57 Å². The number of benzene rings is 1. The van der Waals surface area contributed by atoms with Gasteiger partial charge in [-0.25, -0.2) is 9.97 Å². The molecule has 0 radical (unpaired) electrons. The molecule has 0 aliphatic rings. The summed E-state index contributed by atoms with van der Waals surface area (Å²) >= 11 is 3.33. The third kappa shape index (κ3) is 2.77. The molecule has 3 heterocycles. The van der Waals surface area contributed by atoms with E-state index in [1.54, 1.807) is 23.1 Å². The first kappa shape index (κ1) is 17.4. The second-order valence-electron chi connectivity index (χ2n) is 5.74. The van der Waals surface area contributed by atoms with Gasteiger partial charge >= 0.3 is 6.18 Å². The van der Waals surface area contributed by atoms with Crippen LogP contribution in [0.4, 0.5) is 13.2 Å². The van der Waals surface area contributed by atoms with Crippen LogP contribution in [0.1, 0.15) is 12.6 Å². The van der Waals surface area contributed by atoms with Crippen molar-refractivity contribution in [1.29, 1.82) is 0 Å². The molecule has 0 unspecified atom stereocenters. The van der Waals surface area contributed by atoms with Crippen molar-refractivity contribution < 1.29 is 13.2 Å². The standard InChI is InChI=1S/C18H14F3N3S2/c1-3-25-15-10-6-4-5-7-13(10)26-16(15)17-23-11-8-14(18(19,20)21)22-9-12(11)24(17)2/h4-9H,3H2,1-2H3. The first-order valence-corrected chi connectivity index (χ1v) is 9.74. The van der Waals surface area contributed by atoms with Crippen molar-refractivity contribution in [2.45, 2.75) is 18.0 Å². The second kappa shape index (κ2) is 6.28. The molecule has 3 nitrogen and oxygen atoms in total. The van der Waals surface area contributed by atoms with E-state index in [9.17, 15) is 13.2 Å². The fourth-order valence-electron chi connectivity index (χ4n) is 2.90. The second-order valence-corrected chi connectivity index (χ2v) is 8.07. The molecule has 3 aromatic heterocycles. The Morgan fingerprint density at radius 1 is 1.23 bits per heavy atom. The third-order valence-corrected chi connectivity index (χ3v) is 6.40. The molecule has 0 fully saturated rings. The smallest absolute Gasteiger partial charge is 0.325 e. The number of pyridine rings is 1. The lowest BCUT2D eigenvalue weighted by atomic mass is 10.2. The first-order chi connectivity index (χ1) is 12.4. The Bertz CT molecular complexity index is 1110. The number of aryl methyl sites for hydroxylation is 1. The van der Waals surface area contributed by atoms with Crippen LogP contribution in [0.3, 0.4) is 0 Å². The molecule has 26 heavy (non-hydrogen) atoms. The Labute approximate surface area is 155 Å². The molecule has 4 aromatic rings. The van der Waals surface area contributed by atoms with E-state index in [0.29, 0.717) is 16.9 Å². The molecule has 8 heteroatoms. The van der Waals surface area contributed by atoms with E-state index in [4.69, 9.17) is 0 Å². The van der Waals surface area contributed by atoms with Gasteiger partial charge in [-0.2, -0.15) is 13.2 Å². The van der Waals surface area contributed by atoms with E-state index in [1.807, 2.05) is 23.7 Å². The number of alkyl halides is 3. The van der Waals surface area contributed by atoms with Gasteiger partial charge in [0.2, 0.25) is 0 Å². The molecule has 134 valence electrons. The summed E-state index contributed by atoms with van der Waals surface area (Å²) in [5, 5.41) is 1.15. The van der Waals surface area contributed by atoms with Crippen LogP contribution >= 0.6 is 23.1 Å². The molecule has 0 aliphatic heterocycles. The zero-order chi connectivity index (χ0) is 18.5. The number of fused-ring (bicyclic) bond motifs is 2. The zero-order valence-corrected chi connectivity index (χ0v) is 15.6. The number of thioether (sulfide) groups is 1. The van der Waals surface area contributed by atoms with Crippen molar-refractivity contribution in [1.82, 2.24) is 14.5 Å². The van der Waals surface area contributed by atoms with Crippen molar-refractivity contribution in [3.63, 3.8) is 0 Å². The maximum absolute atomic E-state index is 13.0. The Kier molecular flexibility index (Phi) is 4.19. The van der Waals surface area contributed by atoms with E-state index >= 15 is 0 Å². The number of hydrogen-bond donors (Lipinski definition) is 0. The molecule has 0 atom stereocenters. The predicted octanol–water partition coefficient (Wildman–Crippen LogP) is 5.98. The van der Waals surface area contributed by atoms with Crippen LogP contribution in [-0.4, -0.2) is 20.3 Å². The van der Waals surface area contributed by atoms with E-state index in [0.717, 1.165) is 31.7 Å². The Hall–Kier alpha value is -2.06. The fraction of sp³-hybridized carbons (Fsp3) is 0.222. The largest absolute Gasteiger partial charge is 0.433 e. The van der Waals surface area contributed by atoms with Crippen LogP contribution in [0.15, 0.2) is 41.4 Å². The molecule has 4 rings (SSSR count). The highest BCUT2D eigenvalue weighted by Crippen LogP contribution is 2.44. The van der Waals surface area contributed by atoms with E-state index < -0.39 is 11.9 Å². The molecule has 0 N–H and O–H groups in total. The average molecular weight is 393 g/mol. The quantitative estimate of drug-likeness (QED) is 0.401. The highest BCUT2D eigenvalue weighted by Gasteiger charge is 2.33. The average Bonchev–Trinajstić information content (AvgIpc) is 3.13. The Morgan fingerprint density at radius 2 is 2.00 bits per heavy atom. The topological polar surface area (TPSA) is 30.7 Å². The summed E-state index contributed by atoms with van der Waals surface area (Å²) in [7, 11) is 1.81. The molecule has 0 saturated carbocycles. The summed E-state index contributed by atoms with van der Waals surface area (Å²) in [6, 6.07) is 9.11. The molecule has 1 aromatic carbocycles. The van der Waals surface area contributed by atoms with Crippen LogP contribution in [0.25, 0.3) is 31.8 Å². The molecule has 0 spiro atoms. The molecule has 0 bridgehead atoms. The van der Waals surface area contributed by atoms with Gasteiger partial charge in [0.15, 0.2) is 5.82 Å². The van der Waals surface area contributed by atoms with Gasteiger partial charge in [0, 0.05) is 22.0 Å². The summed E-state index contributed by atoms with van der Waals surface area (Å²) in [5.41, 5.74) is -0.0400. The van der Waals surface area contributed by atoms with E-state index in [1.165, 1.54) is 6.20 Å². The van der Waals surface area contributed by atoms with E-state index in [-0.39, 0.29) is 0 Å². The van der Waals surface area contributed by atoms with Gasteiger partial charge in [0.1, 0.15) is 5.69 Å². The monoisotopic (exact) mass is 393 g/mol. The third-order valence-electron chi connectivity index (χ3n) is 4.10. The summed E-state index contributed by atoms with van der Waals surface area (Å²) in [5.74, 6) is 1.57. The fourth-order valence-corrected chi connectivity index (χ4v) is 5.24. The summed E-state index contributed by atoms with van der Waals surface area (Å²) in [6.45, 7) is 2.08. The van der Waals surface area contributed by atoms with Crippen LogP contribution in [0.5, 0.6) is 0 Å². The van der Waals surface area contributed by atoms with Crippen LogP contribution in [-0.2, 0) is 13.2 Å². The number of imidazole rings is 1. The lowest BCUT2D eigenvalue weighted by Crippen LogP contribution is -2.07. The van der Waals surface area contributed by atoms with Gasteiger partial charge in [-0.1, -0.05) is 25.1 Å². The maximum Gasteiger partial charge on any atom is 0.433 e. The number of aromatic nitrogens is 3. The summed E-state index contributed by atoms with van der Waals surface area (Å²) in [4.78, 5) is 10.2. The van der Waals surface area contributed by atoms with Crippen molar-refractivity contribution in [3.8, 4) is 10.7 Å². The van der Waals surface area contributed by atoms with Gasteiger partial charge in [0.25, 0.3) is 0 Å². The van der Waals surface area contributed by atoms with Gasteiger partial charge in [0.05, 0.1) is 22.1 Å². The number of halogens is 3. The predicted molar refractivity (Wildman–Crippen MR) is 101 cm³/mol. The van der Waals surface area contributed by atoms with Gasteiger partial charge in [-0.05, 0) is 17.9 Å². The summed E-state index contributed by atoms with van der Waals surface area (Å²) < 4.78 is 41.8. The molecule has 0 amide bonds. The lowest BCUT2D eigenvalue weighted by Gasteiger charge is -2.05. The Morgan fingerprint density at radius 3 is 2.73 bits per heavy atom. The summed E-state index contributed by atoms with van der Waals surface area (Å²) in [6.07, 6.45) is -3.23. The number of thiophene rings is 1. The number of hydrogen-bond acceptors (Lipinski definition) is 4. The highest BCUT2D eigenvalue weighted by atomic mass is 32.2. The first-order valence-electron chi connectivity index (χ1n) is 7.94. The van der Waals surface area contributed by atoms with Crippen molar-refractivity contribution in [2.75, 3.05) is 5.75 Å².